The molecule has 20 heavy (non-hydrogen) atoms. The van der Waals surface area contributed by atoms with Crippen LogP contribution < -0.4 is 0 Å². The maximum Gasteiger partial charge on any atom is 0.525 e. The van der Waals surface area contributed by atoms with Gasteiger partial charge in [-0.2, -0.15) is 13.2 Å². The molecule has 2 nitrogen and oxygen atoms in total. The molecule has 0 saturated heterocycles. The van der Waals surface area contributed by atoms with Crippen LogP contribution in [0.3, 0.4) is 0 Å². The molecule has 0 bridgehead atoms. The van der Waals surface area contributed by atoms with Crippen LogP contribution in [0.2, 0.25) is 0 Å². The number of ether oxygens (including phenoxy) is 2. The fourth-order valence-corrected chi connectivity index (χ4v) is 1.85. The van der Waals surface area contributed by atoms with Gasteiger partial charge in [0.05, 0.1) is 0 Å². The average molecular weight is 314 g/mol. The lowest BCUT2D eigenvalue weighted by molar-refractivity contribution is -0.434. The fraction of sp³-hybridized carbons (Fsp3) is 0.800. The first-order chi connectivity index (χ1) is 8.83. The Bertz CT molecular complexity index is 341. The summed E-state index contributed by atoms with van der Waals surface area (Å²) >= 11 is 0. The zero-order valence-electron chi connectivity index (χ0n) is 9.82. The molecule has 10 heteroatoms. The zero-order valence-corrected chi connectivity index (χ0v) is 9.82. The summed E-state index contributed by atoms with van der Waals surface area (Å²) in [5, 5.41) is 0. The second kappa shape index (κ2) is 5.28. The predicted octanol–water partition coefficient (Wildman–Crippen LogP) is 3.88. The molecule has 0 N–H and O–H groups in total. The van der Waals surface area contributed by atoms with E-state index in [2.05, 4.69) is 16.4 Å². The Morgan fingerprint density at radius 1 is 1.15 bits per heavy atom. The smallest absolute Gasteiger partial charge is 0.332 e. The van der Waals surface area contributed by atoms with E-state index in [1.54, 1.807) is 0 Å². The molecule has 3 unspecified atom stereocenters. The second-order valence-electron chi connectivity index (χ2n) is 4.17. The van der Waals surface area contributed by atoms with E-state index < -0.39 is 49.6 Å². The number of alkyl halides is 8. The lowest BCUT2D eigenvalue weighted by atomic mass is 9.99. The van der Waals surface area contributed by atoms with Crippen LogP contribution in [0.25, 0.3) is 0 Å². The first-order valence-electron chi connectivity index (χ1n) is 5.32. The number of halogens is 8. The monoisotopic (exact) mass is 314 g/mol. The van der Waals surface area contributed by atoms with E-state index in [1.165, 1.54) is 0 Å². The molecule has 0 aliphatic heterocycles. The molecule has 1 aliphatic carbocycles. The largest absolute Gasteiger partial charge is 0.525 e. The van der Waals surface area contributed by atoms with Crippen LogP contribution in [0.5, 0.6) is 0 Å². The van der Waals surface area contributed by atoms with Crippen molar-refractivity contribution in [3.8, 4) is 0 Å². The van der Waals surface area contributed by atoms with E-state index in [0.717, 1.165) is 0 Å². The maximum atomic E-state index is 14.3. The molecule has 0 aromatic carbocycles. The summed E-state index contributed by atoms with van der Waals surface area (Å²) in [7, 11) is 0. The summed E-state index contributed by atoms with van der Waals surface area (Å²) in [4.78, 5) is 0. The van der Waals surface area contributed by atoms with Gasteiger partial charge in [0.15, 0.2) is 0 Å². The normalized spacial score (nSPS) is 35.5. The van der Waals surface area contributed by atoms with Gasteiger partial charge in [-0.25, -0.2) is 13.5 Å². The average Bonchev–Trinajstić information content (AvgIpc) is 2.46. The molecule has 1 rings (SSSR count). The highest BCUT2D eigenvalue weighted by Gasteiger charge is 2.68. The zero-order chi connectivity index (χ0) is 15.8. The third-order valence-electron chi connectivity index (χ3n) is 2.71. The highest BCUT2D eigenvalue weighted by atomic mass is 19.4. The Morgan fingerprint density at radius 2 is 1.70 bits per heavy atom. The molecular formula is C10H10F8O2. The lowest BCUT2D eigenvalue weighted by Crippen LogP contribution is -2.54. The lowest BCUT2D eigenvalue weighted by Gasteiger charge is -2.36. The molecular weight excluding hydrogens is 304 g/mol. The van der Waals surface area contributed by atoms with Crippen molar-refractivity contribution in [2.45, 2.75) is 37.1 Å². The van der Waals surface area contributed by atoms with Crippen LogP contribution in [0.4, 0.5) is 35.1 Å². The molecule has 0 aromatic heterocycles. The SMILES string of the molecule is [CH2]CC1C[CH]C(F)(OC(F)(F)F)C1(F)OCC(F)(F)F. The van der Waals surface area contributed by atoms with Crippen molar-refractivity contribution < 1.29 is 44.6 Å². The topological polar surface area (TPSA) is 18.5 Å². The van der Waals surface area contributed by atoms with Gasteiger partial charge in [-0.1, -0.05) is 6.92 Å². The Kier molecular flexibility index (Phi) is 4.60. The van der Waals surface area contributed by atoms with Crippen LogP contribution in [-0.2, 0) is 9.47 Å². The number of hydrogen-bond donors (Lipinski definition) is 0. The van der Waals surface area contributed by atoms with Gasteiger partial charge in [0.2, 0.25) is 0 Å². The van der Waals surface area contributed by atoms with Gasteiger partial charge in [-0.05, 0) is 12.8 Å². The quantitative estimate of drug-likeness (QED) is 0.733. The summed E-state index contributed by atoms with van der Waals surface area (Å²) in [5.41, 5.74) is 0. The van der Waals surface area contributed by atoms with Gasteiger partial charge in [0, 0.05) is 12.3 Å². The highest BCUT2D eigenvalue weighted by Crippen LogP contribution is 2.53. The minimum absolute atomic E-state index is 0.159. The minimum atomic E-state index is -5.58. The summed E-state index contributed by atoms with van der Waals surface area (Å²) in [6, 6.07) is 0. The molecule has 2 radical (unpaired) electrons. The van der Waals surface area contributed by atoms with Crippen LogP contribution in [0.15, 0.2) is 0 Å². The molecule has 3 atom stereocenters. The van der Waals surface area contributed by atoms with Crippen LogP contribution in [-0.4, -0.2) is 30.9 Å². The van der Waals surface area contributed by atoms with Gasteiger partial charge < -0.3 is 4.74 Å². The van der Waals surface area contributed by atoms with Crippen molar-refractivity contribution in [1.82, 2.24) is 0 Å². The van der Waals surface area contributed by atoms with Crippen LogP contribution in [0.1, 0.15) is 12.8 Å². The molecule has 0 heterocycles. The highest BCUT2D eigenvalue weighted by molar-refractivity contribution is 5.10. The van der Waals surface area contributed by atoms with Crippen molar-refractivity contribution >= 4 is 0 Å². The second-order valence-corrected chi connectivity index (χ2v) is 4.17. The molecule has 1 fully saturated rings. The molecule has 1 aliphatic rings. The van der Waals surface area contributed by atoms with Gasteiger partial charge in [-0.15, -0.1) is 13.2 Å². The first-order valence-corrected chi connectivity index (χ1v) is 5.32. The van der Waals surface area contributed by atoms with Crippen LogP contribution in [0, 0.1) is 19.3 Å². The maximum absolute atomic E-state index is 14.3. The van der Waals surface area contributed by atoms with Crippen molar-refractivity contribution in [3.63, 3.8) is 0 Å². The molecule has 0 spiro atoms. The minimum Gasteiger partial charge on any atom is -0.332 e. The Labute approximate surface area is 109 Å². The van der Waals surface area contributed by atoms with Gasteiger partial charge >= 0.3 is 12.5 Å². The third kappa shape index (κ3) is 3.72. The Morgan fingerprint density at radius 3 is 2.10 bits per heavy atom. The van der Waals surface area contributed by atoms with Crippen molar-refractivity contribution in [1.29, 1.82) is 0 Å². The first kappa shape index (κ1) is 17.4. The fourth-order valence-electron chi connectivity index (χ4n) is 1.85. The van der Waals surface area contributed by atoms with Gasteiger partial charge in [0.25, 0.3) is 11.7 Å². The summed E-state index contributed by atoms with van der Waals surface area (Å²) in [6.07, 6.45) is -11.5. The van der Waals surface area contributed by atoms with E-state index >= 15 is 0 Å². The summed E-state index contributed by atoms with van der Waals surface area (Å²) in [6.45, 7) is 0.896. The molecule has 0 aromatic rings. The number of hydrogen-bond acceptors (Lipinski definition) is 2. The van der Waals surface area contributed by atoms with E-state index in [-0.39, 0.29) is 6.42 Å². The van der Waals surface area contributed by atoms with Crippen LogP contribution >= 0.6 is 0 Å². The summed E-state index contributed by atoms with van der Waals surface area (Å²) in [5.74, 6) is -9.70. The summed E-state index contributed by atoms with van der Waals surface area (Å²) < 4.78 is 107. The standard InChI is InChI=1S/C10H10F8O2/c1-2-6-3-4-7(11,20-10(16,17)18)9(6,15)19-5-8(12,13)14/h4,6H,1-3,5H2. The van der Waals surface area contributed by atoms with E-state index in [0.29, 0.717) is 0 Å². The van der Waals surface area contributed by atoms with E-state index in [4.69, 9.17) is 0 Å². The van der Waals surface area contributed by atoms with Gasteiger partial charge in [-0.3, -0.25) is 0 Å². The number of rotatable bonds is 4. The predicted molar refractivity (Wildman–Crippen MR) is 49.2 cm³/mol. The van der Waals surface area contributed by atoms with Crippen molar-refractivity contribution in [3.05, 3.63) is 13.3 Å². The van der Waals surface area contributed by atoms with Crippen molar-refractivity contribution in [2.24, 2.45) is 5.92 Å². The molecule has 118 valence electrons. The van der Waals surface area contributed by atoms with E-state index in [1.807, 2.05) is 0 Å². The molecule has 0 amide bonds. The third-order valence-corrected chi connectivity index (χ3v) is 2.71. The molecule has 1 saturated carbocycles. The van der Waals surface area contributed by atoms with E-state index in [9.17, 15) is 35.1 Å². The Balaban J connectivity index is 2.98. The Hall–Kier alpha value is -0.640. The van der Waals surface area contributed by atoms with Crippen molar-refractivity contribution in [2.75, 3.05) is 6.61 Å². The van der Waals surface area contributed by atoms with Gasteiger partial charge in [0.1, 0.15) is 6.61 Å².